The third-order valence-electron chi connectivity index (χ3n) is 2.58. The van der Waals surface area contributed by atoms with Crippen LogP contribution in [0.15, 0.2) is 38.3 Å². The van der Waals surface area contributed by atoms with Crippen LogP contribution in [0.4, 0.5) is 0 Å². The van der Waals surface area contributed by atoms with E-state index in [0.29, 0.717) is 24.6 Å². The molecule has 0 aliphatic rings. The number of nitrogens with one attached hydrogen (secondary N) is 1. The first-order valence-corrected chi connectivity index (χ1v) is 6.65. The molecule has 3 heterocycles. The Kier molecular flexibility index (Phi) is 3.20. The molecule has 0 spiro atoms. The lowest BCUT2D eigenvalue weighted by Crippen LogP contribution is -2.08. The van der Waals surface area contributed by atoms with Crippen LogP contribution in [-0.4, -0.2) is 20.3 Å². The Hall–Kier alpha value is -2.28. The molecule has 0 aliphatic heterocycles. The summed E-state index contributed by atoms with van der Waals surface area (Å²) in [5.41, 5.74) is 1.54. The van der Waals surface area contributed by atoms with Crippen LogP contribution >= 0.6 is 11.3 Å². The summed E-state index contributed by atoms with van der Waals surface area (Å²) in [5, 5.41) is 14.2. The van der Waals surface area contributed by atoms with Crippen LogP contribution in [0.3, 0.4) is 0 Å². The fourth-order valence-corrected chi connectivity index (χ4v) is 2.25. The first kappa shape index (κ1) is 11.8. The van der Waals surface area contributed by atoms with Gasteiger partial charge < -0.3 is 4.52 Å². The molecule has 3 rings (SSSR count). The predicted molar refractivity (Wildman–Crippen MR) is 69.9 cm³/mol. The van der Waals surface area contributed by atoms with Crippen LogP contribution in [-0.2, 0) is 12.8 Å². The molecule has 0 fully saturated rings. The van der Waals surface area contributed by atoms with Gasteiger partial charge in [-0.3, -0.25) is 4.79 Å². The van der Waals surface area contributed by atoms with Gasteiger partial charge in [-0.2, -0.15) is 21.4 Å². The van der Waals surface area contributed by atoms with Gasteiger partial charge in [-0.05, 0) is 17.5 Å². The molecule has 3 aromatic rings. The molecule has 0 aromatic carbocycles. The summed E-state index contributed by atoms with van der Waals surface area (Å²) in [6.07, 6.45) is 1.23. The number of thiophene rings is 1. The molecule has 0 saturated carbocycles. The Morgan fingerprint density at radius 1 is 1.26 bits per heavy atom. The molecule has 0 unspecified atom stereocenters. The monoisotopic (exact) mass is 274 g/mol. The molecule has 6 nitrogen and oxygen atoms in total. The molecule has 0 bridgehead atoms. The highest BCUT2D eigenvalue weighted by atomic mass is 32.1. The number of rotatable bonds is 4. The normalized spacial score (nSPS) is 10.7. The highest BCUT2D eigenvalue weighted by Crippen LogP contribution is 2.18. The van der Waals surface area contributed by atoms with Gasteiger partial charge in [0.15, 0.2) is 0 Å². The molecule has 19 heavy (non-hydrogen) atoms. The van der Waals surface area contributed by atoms with Crippen LogP contribution < -0.4 is 5.56 Å². The van der Waals surface area contributed by atoms with E-state index in [1.165, 1.54) is 6.07 Å². The van der Waals surface area contributed by atoms with Crippen molar-refractivity contribution in [1.29, 1.82) is 0 Å². The summed E-state index contributed by atoms with van der Waals surface area (Å²) < 4.78 is 5.18. The summed E-state index contributed by atoms with van der Waals surface area (Å²) in [6, 6.07) is 5.09. The van der Waals surface area contributed by atoms with Crippen LogP contribution in [0.25, 0.3) is 11.4 Å². The van der Waals surface area contributed by atoms with Crippen molar-refractivity contribution in [2.24, 2.45) is 0 Å². The van der Waals surface area contributed by atoms with Crippen LogP contribution in [0.1, 0.15) is 11.6 Å². The van der Waals surface area contributed by atoms with E-state index in [-0.39, 0.29) is 5.56 Å². The van der Waals surface area contributed by atoms with Crippen LogP contribution in [0, 0.1) is 0 Å². The Bertz CT molecular complexity index is 697. The van der Waals surface area contributed by atoms with E-state index in [1.54, 1.807) is 17.4 Å². The second-order valence-corrected chi connectivity index (χ2v) is 4.72. The van der Waals surface area contributed by atoms with Crippen molar-refractivity contribution in [3.63, 3.8) is 0 Å². The number of aromatic nitrogens is 4. The van der Waals surface area contributed by atoms with E-state index in [9.17, 15) is 4.79 Å². The molecule has 0 amide bonds. The maximum atomic E-state index is 10.9. The fraction of sp³-hybridized carbons (Fsp3) is 0.167. The lowest BCUT2D eigenvalue weighted by atomic mass is 10.2. The highest BCUT2D eigenvalue weighted by molar-refractivity contribution is 7.08. The van der Waals surface area contributed by atoms with Gasteiger partial charge in [-0.15, -0.1) is 0 Å². The Morgan fingerprint density at radius 3 is 2.95 bits per heavy atom. The standard InChI is InChI=1S/C12H10N4O2S/c17-10-3-1-9(14-15-10)2-4-11-13-12(16-18-11)8-5-6-19-7-8/h1,3,5-7H,2,4H2,(H,15,17). The van der Waals surface area contributed by atoms with E-state index < -0.39 is 0 Å². The molecular formula is C12H10N4O2S. The van der Waals surface area contributed by atoms with Gasteiger partial charge in [-0.25, -0.2) is 5.10 Å². The molecular weight excluding hydrogens is 264 g/mol. The number of H-pyrrole nitrogens is 1. The van der Waals surface area contributed by atoms with Crippen LogP contribution in [0.2, 0.25) is 0 Å². The molecule has 1 N–H and O–H groups in total. The third kappa shape index (κ3) is 2.76. The molecule has 96 valence electrons. The van der Waals surface area contributed by atoms with E-state index in [2.05, 4.69) is 20.3 Å². The van der Waals surface area contributed by atoms with Crippen molar-refractivity contribution >= 4 is 11.3 Å². The Labute approximate surface area is 112 Å². The summed E-state index contributed by atoms with van der Waals surface area (Å²) >= 11 is 1.59. The Morgan fingerprint density at radius 2 is 2.21 bits per heavy atom. The van der Waals surface area contributed by atoms with Crippen LogP contribution in [0.5, 0.6) is 0 Å². The van der Waals surface area contributed by atoms with Gasteiger partial charge in [0.05, 0.1) is 5.69 Å². The Balaban J connectivity index is 1.67. The third-order valence-corrected chi connectivity index (χ3v) is 3.26. The van der Waals surface area contributed by atoms with Crippen molar-refractivity contribution in [3.05, 3.63) is 50.9 Å². The van der Waals surface area contributed by atoms with E-state index in [4.69, 9.17) is 4.52 Å². The van der Waals surface area contributed by atoms with E-state index >= 15 is 0 Å². The number of aromatic amines is 1. The number of aryl methyl sites for hydroxylation is 2. The second kappa shape index (κ2) is 5.15. The minimum absolute atomic E-state index is 0.207. The summed E-state index contributed by atoms with van der Waals surface area (Å²) in [4.78, 5) is 15.2. The quantitative estimate of drug-likeness (QED) is 0.782. The van der Waals surface area contributed by atoms with Crippen molar-refractivity contribution < 1.29 is 4.52 Å². The molecule has 3 aromatic heterocycles. The zero-order valence-corrected chi connectivity index (χ0v) is 10.7. The van der Waals surface area contributed by atoms with E-state index in [1.807, 2.05) is 16.8 Å². The summed E-state index contributed by atoms with van der Waals surface area (Å²) in [6.45, 7) is 0. The molecule has 0 aliphatic carbocycles. The number of hydrogen-bond donors (Lipinski definition) is 1. The van der Waals surface area contributed by atoms with Crippen molar-refractivity contribution in [2.45, 2.75) is 12.8 Å². The molecule has 7 heteroatoms. The molecule has 0 saturated heterocycles. The SMILES string of the molecule is O=c1ccc(CCc2nc(-c3ccsc3)no2)n[nH]1. The minimum Gasteiger partial charge on any atom is -0.339 e. The molecule has 0 atom stereocenters. The minimum atomic E-state index is -0.207. The smallest absolute Gasteiger partial charge is 0.264 e. The lowest BCUT2D eigenvalue weighted by Gasteiger charge is -1.94. The first-order valence-electron chi connectivity index (χ1n) is 5.71. The van der Waals surface area contributed by atoms with Crippen molar-refractivity contribution in [3.8, 4) is 11.4 Å². The zero-order chi connectivity index (χ0) is 13.1. The highest BCUT2D eigenvalue weighted by Gasteiger charge is 2.09. The van der Waals surface area contributed by atoms with Gasteiger partial charge in [0.1, 0.15) is 0 Å². The second-order valence-electron chi connectivity index (χ2n) is 3.94. The maximum Gasteiger partial charge on any atom is 0.264 e. The van der Waals surface area contributed by atoms with Gasteiger partial charge in [0.25, 0.3) is 5.56 Å². The van der Waals surface area contributed by atoms with Gasteiger partial charge >= 0.3 is 0 Å². The summed E-state index contributed by atoms with van der Waals surface area (Å²) in [7, 11) is 0. The molecule has 0 radical (unpaired) electrons. The average Bonchev–Trinajstić information content (AvgIpc) is 3.09. The van der Waals surface area contributed by atoms with Gasteiger partial charge in [-0.1, -0.05) is 5.16 Å². The van der Waals surface area contributed by atoms with Gasteiger partial charge in [0.2, 0.25) is 11.7 Å². The first-order chi connectivity index (χ1) is 9.31. The number of hydrogen-bond acceptors (Lipinski definition) is 6. The summed E-state index contributed by atoms with van der Waals surface area (Å²) in [5.74, 6) is 1.17. The predicted octanol–water partition coefficient (Wildman–Crippen LogP) is 1.67. The van der Waals surface area contributed by atoms with Crippen molar-refractivity contribution in [1.82, 2.24) is 20.3 Å². The zero-order valence-electron chi connectivity index (χ0n) is 9.87. The van der Waals surface area contributed by atoms with E-state index in [0.717, 1.165) is 11.3 Å². The lowest BCUT2D eigenvalue weighted by molar-refractivity contribution is 0.378. The number of nitrogens with zero attached hydrogens (tertiary/aromatic N) is 3. The maximum absolute atomic E-state index is 10.9. The average molecular weight is 274 g/mol. The van der Waals surface area contributed by atoms with Crippen molar-refractivity contribution in [2.75, 3.05) is 0 Å². The largest absolute Gasteiger partial charge is 0.339 e. The topological polar surface area (TPSA) is 84.7 Å². The van der Waals surface area contributed by atoms with Gasteiger partial charge in [0, 0.05) is 29.9 Å². The fourth-order valence-electron chi connectivity index (χ4n) is 1.61.